The topological polar surface area (TPSA) is 50.1 Å². The minimum Gasteiger partial charge on any atom is -0.496 e. The zero-order valence-corrected chi connectivity index (χ0v) is 10.5. The summed E-state index contributed by atoms with van der Waals surface area (Å²) >= 11 is 0. The Morgan fingerprint density at radius 2 is 2.05 bits per heavy atom. The number of benzene rings is 2. The van der Waals surface area contributed by atoms with E-state index in [2.05, 4.69) is 6.07 Å². The first-order valence-electron chi connectivity index (χ1n) is 5.81. The summed E-state index contributed by atoms with van der Waals surface area (Å²) in [6, 6.07) is 14.9. The number of nitrogens with zero attached hydrogens (tertiary/aromatic N) is 1. The van der Waals surface area contributed by atoms with Gasteiger partial charge in [-0.3, -0.25) is 4.79 Å². The Bertz CT molecular complexity index is 641. The van der Waals surface area contributed by atoms with E-state index in [1.807, 2.05) is 30.6 Å². The molecule has 0 atom stereocenters. The van der Waals surface area contributed by atoms with Gasteiger partial charge in [0.25, 0.3) is 0 Å². The maximum atomic E-state index is 10.8. The molecule has 3 heteroatoms. The molecule has 19 heavy (non-hydrogen) atoms. The van der Waals surface area contributed by atoms with Gasteiger partial charge in [0.15, 0.2) is 0 Å². The number of nitriles is 1. The number of ether oxygens (including phenoxy) is 1. The minimum absolute atomic E-state index is 0.357. The molecule has 93 valence electrons. The van der Waals surface area contributed by atoms with Crippen LogP contribution in [0, 0.1) is 11.3 Å². The highest BCUT2D eigenvalue weighted by Gasteiger charge is 2.08. The van der Waals surface area contributed by atoms with E-state index in [1.54, 1.807) is 25.3 Å². The Labute approximate surface area is 112 Å². The van der Waals surface area contributed by atoms with Crippen LogP contribution >= 0.6 is 0 Å². The summed E-state index contributed by atoms with van der Waals surface area (Å²) in [6.07, 6.45) is 2.23. The van der Waals surface area contributed by atoms with Crippen LogP contribution in [0.25, 0.3) is 11.1 Å². The molecule has 1 radical (unpaired) electrons. The van der Waals surface area contributed by atoms with E-state index in [4.69, 9.17) is 10.00 Å². The van der Waals surface area contributed by atoms with Crippen molar-refractivity contribution >= 4 is 6.29 Å². The van der Waals surface area contributed by atoms with Gasteiger partial charge in [0.1, 0.15) is 5.75 Å². The number of rotatable bonds is 4. The molecule has 2 aromatic rings. The van der Waals surface area contributed by atoms with Gasteiger partial charge in [-0.1, -0.05) is 18.2 Å². The number of hydrogen-bond donors (Lipinski definition) is 0. The molecule has 0 spiro atoms. The Kier molecular flexibility index (Phi) is 3.94. The van der Waals surface area contributed by atoms with Gasteiger partial charge in [0.2, 0.25) is 6.29 Å². The Balaban J connectivity index is 2.53. The molecule has 0 heterocycles. The smallest absolute Gasteiger partial charge is 0.233 e. The summed E-state index contributed by atoms with van der Waals surface area (Å²) in [5.41, 5.74) is 3.15. The van der Waals surface area contributed by atoms with Crippen molar-refractivity contribution in [3.8, 4) is 22.9 Å². The molecule has 0 aliphatic carbocycles. The molecule has 0 N–H and O–H groups in total. The third kappa shape index (κ3) is 2.80. The second kappa shape index (κ2) is 5.83. The summed E-state index contributed by atoms with van der Waals surface area (Å²) < 4.78 is 5.30. The molecule has 0 fully saturated rings. The Hall–Kier alpha value is -2.60. The van der Waals surface area contributed by atoms with Crippen molar-refractivity contribution in [3.63, 3.8) is 0 Å². The lowest BCUT2D eigenvalue weighted by atomic mass is 9.99. The molecular weight excluding hydrogens is 238 g/mol. The third-order valence-corrected chi connectivity index (χ3v) is 2.84. The first-order valence-corrected chi connectivity index (χ1v) is 5.81. The molecular formula is C16H12NO2. The summed E-state index contributed by atoms with van der Waals surface area (Å²) in [7, 11) is 1.59. The summed E-state index contributed by atoms with van der Waals surface area (Å²) in [4.78, 5) is 10.8. The van der Waals surface area contributed by atoms with Gasteiger partial charge >= 0.3 is 0 Å². The van der Waals surface area contributed by atoms with Gasteiger partial charge in [-0.15, -0.1) is 0 Å². The van der Waals surface area contributed by atoms with Gasteiger partial charge < -0.3 is 4.74 Å². The molecule has 0 amide bonds. The van der Waals surface area contributed by atoms with Gasteiger partial charge in [0.05, 0.1) is 19.6 Å². The molecule has 0 aliphatic heterocycles. The highest BCUT2D eigenvalue weighted by molar-refractivity contribution is 5.82. The van der Waals surface area contributed by atoms with Crippen LogP contribution in [0.4, 0.5) is 0 Å². The van der Waals surface area contributed by atoms with Gasteiger partial charge in [-0.25, -0.2) is 0 Å². The van der Waals surface area contributed by atoms with E-state index in [1.165, 1.54) is 0 Å². The van der Waals surface area contributed by atoms with E-state index in [0.717, 1.165) is 16.7 Å². The summed E-state index contributed by atoms with van der Waals surface area (Å²) in [5, 5.41) is 8.74. The lowest BCUT2D eigenvalue weighted by Gasteiger charge is -2.10. The van der Waals surface area contributed by atoms with Crippen LogP contribution in [0.5, 0.6) is 5.75 Å². The fraction of sp³-hybridized carbons (Fsp3) is 0.125. The van der Waals surface area contributed by atoms with Gasteiger partial charge in [-0.05, 0) is 35.4 Å². The first-order chi connectivity index (χ1) is 9.28. The molecule has 0 saturated carbocycles. The predicted molar refractivity (Wildman–Crippen MR) is 72.5 cm³/mol. The van der Waals surface area contributed by atoms with Crippen molar-refractivity contribution in [2.24, 2.45) is 0 Å². The zero-order chi connectivity index (χ0) is 13.7. The average Bonchev–Trinajstić information content (AvgIpc) is 2.47. The number of carbonyl (C=O) groups excluding carboxylic acids is 1. The van der Waals surface area contributed by atoms with Gasteiger partial charge in [0, 0.05) is 11.1 Å². The molecule has 2 rings (SSSR count). The van der Waals surface area contributed by atoms with Crippen LogP contribution in [0.3, 0.4) is 0 Å². The third-order valence-electron chi connectivity index (χ3n) is 2.84. The van der Waals surface area contributed by atoms with E-state index in [9.17, 15) is 4.79 Å². The predicted octanol–water partition coefficient (Wildman–Crippen LogP) is 2.89. The van der Waals surface area contributed by atoms with Crippen LogP contribution < -0.4 is 4.74 Å². The second-order valence-electron chi connectivity index (χ2n) is 4.05. The van der Waals surface area contributed by atoms with Crippen molar-refractivity contribution in [2.45, 2.75) is 6.42 Å². The minimum atomic E-state index is 0.357. The maximum Gasteiger partial charge on any atom is 0.233 e. The van der Waals surface area contributed by atoms with Crippen molar-refractivity contribution in [3.05, 3.63) is 53.6 Å². The molecule has 0 saturated heterocycles. The highest BCUT2D eigenvalue weighted by atomic mass is 16.5. The SMILES string of the molecule is COc1ccc([C]=O)cc1-c1cccc(CC#N)c1. The molecule has 0 bridgehead atoms. The quantitative estimate of drug-likeness (QED) is 0.838. The summed E-state index contributed by atoms with van der Waals surface area (Å²) in [5.74, 6) is 0.688. The van der Waals surface area contributed by atoms with Crippen molar-refractivity contribution < 1.29 is 9.53 Å². The highest BCUT2D eigenvalue weighted by Crippen LogP contribution is 2.31. The van der Waals surface area contributed by atoms with Crippen LogP contribution in [-0.2, 0) is 11.2 Å². The second-order valence-corrected chi connectivity index (χ2v) is 4.05. The molecule has 2 aromatic carbocycles. The largest absolute Gasteiger partial charge is 0.496 e. The molecule has 0 aliphatic rings. The Morgan fingerprint density at radius 1 is 1.21 bits per heavy atom. The van der Waals surface area contributed by atoms with E-state index in [0.29, 0.717) is 17.7 Å². The first kappa shape index (κ1) is 12.8. The lowest BCUT2D eigenvalue weighted by Crippen LogP contribution is -1.91. The molecule has 0 aromatic heterocycles. The van der Waals surface area contributed by atoms with Crippen molar-refractivity contribution in [2.75, 3.05) is 7.11 Å². The van der Waals surface area contributed by atoms with E-state index < -0.39 is 0 Å². The fourth-order valence-corrected chi connectivity index (χ4v) is 1.94. The molecule has 0 unspecified atom stereocenters. The van der Waals surface area contributed by atoms with Crippen molar-refractivity contribution in [1.29, 1.82) is 5.26 Å². The normalized spacial score (nSPS) is 9.68. The Morgan fingerprint density at radius 3 is 2.74 bits per heavy atom. The van der Waals surface area contributed by atoms with Crippen LogP contribution in [0.15, 0.2) is 42.5 Å². The lowest BCUT2D eigenvalue weighted by molar-refractivity contribution is 0.416. The van der Waals surface area contributed by atoms with Crippen LogP contribution in [0.2, 0.25) is 0 Å². The van der Waals surface area contributed by atoms with Crippen LogP contribution in [-0.4, -0.2) is 13.4 Å². The van der Waals surface area contributed by atoms with Crippen LogP contribution in [0.1, 0.15) is 11.1 Å². The van der Waals surface area contributed by atoms with E-state index >= 15 is 0 Å². The zero-order valence-electron chi connectivity index (χ0n) is 10.5. The molecule has 3 nitrogen and oxygen atoms in total. The maximum absolute atomic E-state index is 10.8. The fourth-order valence-electron chi connectivity index (χ4n) is 1.94. The number of hydrogen-bond acceptors (Lipinski definition) is 3. The van der Waals surface area contributed by atoms with Gasteiger partial charge in [-0.2, -0.15) is 5.26 Å². The monoisotopic (exact) mass is 250 g/mol. The number of methoxy groups -OCH3 is 1. The summed E-state index contributed by atoms with van der Waals surface area (Å²) in [6.45, 7) is 0. The van der Waals surface area contributed by atoms with Crippen molar-refractivity contribution in [1.82, 2.24) is 0 Å². The average molecular weight is 250 g/mol. The van der Waals surface area contributed by atoms with E-state index in [-0.39, 0.29) is 0 Å². The standard InChI is InChI=1S/C16H12NO2/c1-19-16-6-5-13(11-18)10-15(16)14-4-2-3-12(9-14)7-8-17/h2-6,9-10H,7H2,1H3.